The Labute approximate surface area is 135 Å². The van der Waals surface area contributed by atoms with Crippen molar-refractivity contribution in [2.75, 3.05) is 0 Å². The van der Waals surface area contributed by atoms with Crippen LogP contribution in [0.3, 0.4) is 0 Å². The van der Waals surface area contributed by atoms with E-state index < -0.39 is 23.8 Å². The molecule has 1 heterocycles. The quantitative estimate of drug-likeness (QED) is 0.710. The van der Waals surface area contributed by atoms with E-state index >= 15 is 0 Å². The summed E-state index contributed by atoms with van der Waals surface area (Å²) in [5.74, 6) is -2.60. The van der Waals surface area contributed by atoms with Crippen LogP contribution in [0.5, 0.6) is 0 Å². The summed E-state index contributed by atoms with van der Waals surface area (Å²) in [5, 5.41) is 2.82. The zero-order valence-corrected chi connectivity index (χ0v) is 12.8. The number of carbonyl (C=O) groups excluding carboxylic acids is 3. The molecular formula is C14H12ClN3O3S. The lowest BCUT2D eigenvalue weighted by atomic mass is 10.2. The Morgan fingerprint density at radius 2 is 1.59 bits per heavy atom. The van der Waals surface area contributed by atoms with E-state index in [1.54, 1.807) is 24.3 Å². The van der Waals surface area contributed by atoms with Gasteiger partial charge >= 0.3 is 0 Å². The first-order chi connectivity index (χ1) is 10.4. The number of hydrogen-bond donors (Lipinski definition) is 3. The van der Waals surface area contributed by atoms with E-state index in [2.05, 4.69) is 5.32 Å². The minimum Gasteiger partial charge on any atom is -0.367 e. The fraction of sp³-hybridized carbons (Fsp3) is 0.0714. The number of benzene rings is 1. The van der Waals surface area contributed by atoms with Gasteiger partial charge in [-0.2, -0.15) is 0 Å². The molecule has 5 N–H and O–H groups in total. The number of halogens is 1. The van der Waals surface area contributed by atoms with Crippen molar-refractivity contribution in [2.24, 2.45) is 11.5 Å². The van der Waals surface area contributed by atoms with Gasteiger partial charge in [0.2, 0.25) is 11.8 Å². The Morgan fingerprint density at radius 1 is 1.00 bits per heavy atom. The number of rotatable bonds is 5. The first-order valence-electron chi connectivity index (χ1n) is 6.14. The van der Waals surface area contributed by atoms with Crippen LogP contribution in [0.15, 0.2) is 36.4 Å². The highest BCUT2D eigenvalue weighted by molar-refractivity contribution is 7.17. The topological polar surface area (TPSA) is 115 Å². The molecule has 8 heteroatoms. The molecule has 1 aromatic carbocycles. The van der Waals surface area contributed by atoms with Crippen LogP contribution >= 0.6 is 22.9 Å². The van der Waals surface area contributed by atoms with E-state index in [0.29, 0.717) is 9.90 Å². The summed E-state index contributed by atoms with van der Waals surface area (Å²) in [4.78, 5) is 35.3. The van der Waals surface area contributed by atoms with Gasteiger partial charge in [0.05, 0.1) is 4.88 Å². The van der Waals surface area contributed by atoms with E-state index in [9.17, 15) is 14.4 Å². The summed E-state index contributed by atoms with van der Waals surface area (Å²) in [5.41, 5.74) is 10.9. The van der Waals surface area contributed by atoms with Gasteiger partial charge < -0.3 is 16.8 Å². The fourth-order valence-electron chi connectivity index (χ4n) is 1.71. The summed E-state index contributed by atoms with van der Waals surface area (Å²) >= 11 is 7.03. The molecule has 22 heavy (non-hydrogen) atoms. The van der Waals surface area contributed by atoms with Crippen molar-refractivity contribution in [1.29, 1.82) is 0 Å². The lowest BCUT2D eigenvalue weighted by Crippen LogP contribution is -2.52. The van der Waals surface area contributed by atoms with Crippen LogP contribution < -0.4 is 16.8 Å². The van der Waals surface area contributed by atoms with Crippen molar-refractivity contribution in [1.82, 2.24) is 5.32 Å². The van der Waals surface area contributed by atoms with Crippen LogP contribution in [0.2, 0.25) is 5.02 Å². The second kappa shape index (κ2) is 6.59. The number of carbonyl (C=O) groups is 3. The van der Waals surface area contributed by atoms with Crippen molar-refractivity contribution >= 4 is 40.7 Å². The summed E-state index contributed by atoms with van der Waals surface area (Å²) in [6, 6.07) is 8.94. The SMILES string of the molecule is NC(=O)C(NC(=O)c1ccc(-c2ccc(Cl)cc2)s1)C(N)=O. The highest BCUT2D eigenvalue weighted by Crippen LogP contribution is 2.29. The van der Waals surface area contributed by atoms with Gasteiger partial charge in [0, 0.05) is 9.90 Å². The fourth-order valence-corrected chi connectivity index (χ4v) is 2.75. The molecule has 0 radical (unpaired) electrons. The standard InChI is InChI=1S/C14H12ClN3O3S/c15-8-3-1-7(2-4-8)9-5-6-10(22-9)14(21)18-11(12(16)19)13(17)20/h1-6,11H,(H2,16,19)(H2,17,20)(H,18,21). The number of nitrogens with two attached hydrogens (primary N) is 2. The predicted molar refractivity (Wildman–Crippen MR) is 84.4 cm³/mol. The average molecular weight is 338 g/mol. The summed E-state index contributed by atoms with van der Waals surface area (Å²) in [6.45, 7) is 0. The van der Waals surface area contributed by atoms with Crippen molar-refractivity contribution in [3.8, 4) is 10.4 Å². The molecule has 0 fully saturated rings. The lowest BCUT2D eigenvalue weighted by molar-refractivity contribution is -0.128. The number of thiophene rings is 1. The first kappa shape index (κ1) is 16.0. The molecule has 0 aliphatic heterocycles. The zero-order chi connectivity index (χ0) is 16.3. The average Bonchev–Trinajstić information content (AvgIpc) is 2.94. The third-order valence-corrected chi connectivity index (χ3v) is 4.19. The number of hydrogen-bond acceptors (Lipinski definition) is 4. The summed E-state index contributed by atoms with van der Waals surface area (Å²) < 4.78 is 0. The van der Waals surface area contributed by atoms with Crippen LogP contribution in [-0.2, 0) is 9.59 Å². The molecule has 0 bridgehead atoms. The monoisotopic (exact) mass is 337 g/mol. The van der Waals surface area contributed by atoms with E-state index in [4.69, 9.17) is 23.1 Å². The second-order valence-corrected chi connectivity index (χ2v) is 5.90. The van der Waals surface area contributed by atoms with Crippen LogP contribution in [0.4, 0.5) is 0 Å². The molecule has 114 valence electrons. The van der Waals surface area contributed by atoms with Crippen LogP contribution in [-0.4, -0.2) is 23.8 Å². The Hall–Kier alpha value is -2.38. The van der Waals surface area contributed by atoms with Crippen LogP contribution in [0.1, 0.15) is 9.67 Å². The molecule has 6 nitrogen and oxygen atoms in total. The molecule has 0 aliphatic rings. The minimum absolute atomic E-state index is 0.331. The van der Waals surface area contributed by atoms with Gasteiger partial charge in [-0.15, -0.1) is 11.3 Å². The van der Waals surface area contributed by atoms with E-state index in [1.165, 1.54) is 11.3 Å². The van der Waals surface area contributed by atoms with E-state index in [1.807, 2.05) is 12.1 Å². The Morgan fingerprint density at radius 3 is 2.14 bits per heavy atom. The highest BCUT2D eigenvalue weighted by Gasteiger charge is 2.25. The number of amides is 3. The van der Waals surface area contributed by atoms with Crippen molar-refractivity contribution in [3.63, 3.8) is 0 Å². The van der Waals surface area contributed by atoms with Gasteiger partial charge in [-0.3, -0.25) is 14.4 Å². The van der Waals surface area contributed by atoms with Gasteiger partial charge in [0.15, 0.2) is 6.04 Å². The molecule has 3 amide bonds. The van der Waals surface area contributed by atoms with Crippen molar-refractivity contribution in [3.05, 3.63) is 46.3 Å². The Kier molecular flexibility index (Phi) is 4.79. The second-order valence-electron chi connectivity index (χ2n) is 4.38. The zero-order valence-electron chi connectivity index (χ0n) is 11.2. The molecule has 2 rings (SSSR count). The normalized spacial score (nSPS) is 10.5. The molecular weight excluding hydrogens is 326 g/mol. The van der Waals surface area contributed by atoms with E-state index in [-0.39, 0.29) is 0 Å². The molecule has 0 saturated carbocycles. The molecule has 0 saturated heterocycles. The van der Waals surface area contributed by atoms with Gasteiger partial charge in [-0.05, 0) is 29.8 Å². The molecule has 0 aliphatic carbocycles. The van der Waals surface area contributed by atoms with Crippen molar-refractivity contribution in [2.45, 2.75) is 6.04 Å². The Bertz CT molecular complexity index is 713. The third-order valence-electron chi connectivity index (χ3n) is 2.80. The van der Waals surface area contributed by atoms with E-state index in [0.717, 1.165) is 10.4 Å². The summed E-state index contributed by atoms with van der Waals surface area (Å²) in [6.07, 6.45) is 0. The van der Waals surface area contributed by atoms with Crippen LogP contribution in [0, 0.1) is 0 Å². The van der Waals surface area contributed by atoms with Gasteiger partial charge in [-0.1, -0.05) is 23.7 Å². The van der Waals surface area contributed by atoms with Crippen molar-refractivity contribution < 1.29 is 14.4 Å². The predicted octanol–water partition coefficient (Wildman–Crippen LogP) is 1.14. The van der Waals surface area contributed by atoms with Crippen LogP contribution in [0.25, 0.3) is 10.4 Å². The van der Waals surface area contributed by atoms with Gasteiger partial charge in [0.25, 0.3) is 5.91 Å². The first-order valence-corrected chi connectivity index (χ1v) is 7.33. The molecule has 2 aromatic rings. The largest absolute Gasteiger partial charge is 0.367 e. The van der Waals surface area contributed by atoms with Gasteiger partial charge in [0.1, 0.15) is 0 Å². The molecule has 1 aromatic heterocycles. The number of primary amides is 2. The Balaban J connectivity index is 2.17. The smallest absolute Gasteiger partial charge is 0.262 e. The lowest BCUT2D eigenvalue weighted by Gasteiger charge is -2.10. The minimum atomic E-state index is -1.53. The maximum atomic E-state index is 12.0. The molecule has 0 atom stereocenters. The highest BCUT2D eigenvalue weighted by atomic mass is 35.5. The maximum Gasteiger partial charge on any atom is 0.262 e. The number of nitrogens with one attached hydrogen (secondary N) is 1. The summed E-state index contributed by atoms with van der Waals surface area (Å²) in [7, 11) is 0. The molecule has 0 unspecified atom stereocenters. The third kappa shape index (κ3) is 3.63. The maximum absolute atomic E-state index is 12.0. The van der Waals surface area contributed by atoms with Gasteiger partial charge in [-0.25, -0.2) is 0 Å². The molecule has 0 spiro atoms.